The summed E-state index contributed by atoms with van der Waals surface area (Å²) in [6.45, 7) is 2.28. The summed E-state index contributed by atoms with van der Waals surface area (Å²) >= 11 is -4.11. The van der Waals surface area contributed by atoms with E-state index < -0.39 is 27.4 Å². The van der Waals surface area contributed by atoms with Gasteiger partial charge in [0.1, 0.15) is 0 Å². The van der Waals surface area contributed by atoms with Gasteiger partial charge in [0.25, 0.3) is 0 Å². The van der Waals surface area contributed by atoms with Crippen LogP contribution < -0.4 is 13.6 Å². The summed E-state index contributed by atoms with van der Waals surface area (Å²) in [5.41, 5.74) is 14.2. The fourth-order valence-corrected chi connectivity index (χ4v) is 24.7. The molecular formula is C43H36Cl2SiZr. The van der Waals surface area contributed by atoms with E-state index in [1.54, 1.807) is 0 Å². The molecule has 1 aliphatic heterocycles. The van der Waals surface area contributed by atoms with E-state index in [9.17, 15) is 0 Å². The molecule has 8 rings (SSSR count). The van der Waals surface area contributed by atoms with Crippen molar-refractivity contribution < 1.29 is 17.9 Å². The van der Waals surface area contributed by atoms with E-state index in [2.05, 4.69) is 153 Å². The zero-order chi connectivity index (χ0) is 32.0. The number of fused-ring (bicyclic) bond motifs is 4. The van der Waals surface area contributed by atoms with Crippen LogP contribution in [0.2, 0.25) is 0 Å². The molecule has 6 aromatic carbocycles. The molecule has 47 heavy (non-hydrogen) atoms. The monoisotopic (exact) mass is 740 g/mol. The number of rotatable bonds is 8. The van der Waals surface area contributed by atoms with E-state index in [0.717, 1.165) is 19.3 Å². The van der Waals surface area contributed by atoms with Crippen molar-refractivity contribution in [1.82, 2.24) is 0 Å². The summed E-state index contributed by atoms with van der Waals surface area (Å²) < 4.78 is 1.35. The van der Waals surface area contributed by atoms with Crippen LogP contribution in [0.15, 0.2) is 145 Å². The number of hydrogen-bond donors (Lipinski definition) is 0. The van der Waals surface area contributed by atoms with Crippen LogP contribution in [0.5, 0.6) is 0 Å². The molecule has 1 unspecified atom stereocenters. The van der Waals surface area contributed by atoms with E-state index in [1.807, 2.05) is 0 Å². The Morgan fingerprint density at radius 3 is 1.94 bits per heavy atom. The first-order valence-electron chi connectivity index (χ1n) is 16.7. The summed E-state index contributed by atoms with van der Waals surface area (Å²) in [4.78, 5) is 0. The summed E-state index contributed by atoms with van der Waals surface area (Å²) in [6, 6.07) is 50.9. The molecule has 0 spiro atoms. The van der Waals surface area contributed by atoms with Gasteiger partial charge in [0.2, 0.25) is 0 Å². The Balaban J connectivity index is 1.36. The predicted molar refractivity (Wildman–Crippen MR) is 204 cm³/mol. The van der Waals surface area contributed by atoms with Crippen molar-refractivity contribution >= 4 is 46.3 Å². The molecule has 0 N–H and O–H groups in total. The van der Waals surface area contributed by atoms with Crippen molar-refractivity contribution in [2.75, 3.05) is 0 Å². The summed E-state index contributed by atoms with van der Waals surface area (Å²) in [5.74, 6) is 0. The van der Waals surface area contributed by atoms with Crippen molar-refractivity contribution in [2.45, 2.75) is 29.8 Å². The maximum atomic E-state index is 8.03. The van der Waals surface area contributed by atoms with Gasteiger partial charge in [-0.2, -0.15) is 0 Å². The molecule has 6 aromatic rings. The Hall–Kier alpha value is -3.26. The molecular weight excluding hydrogens is 707 g/mol. The molecule has 0 amide bonds. The average molecular weight is 743 g/mol. The van der Waals surface area contributed by atoms with Crippen molar-refractivity contribution in [2.24, 2.45) is 0 Å². The molecule has 0 radical (unpaired) electrons. The van der Waals surface area contributed by atoms with Crippen LogP contribution in [-0.2, 0) is 17.9 Å². The fourth-order valence-electron chi connectivity index (χ4n) is 7.88. The third-order valence-electron chi connectivity index (χ3n) is 10.0. The normalized spacial score (nSPS) is 15.3. The number of hydrogen-bond acceptors (Lipinski definition) is 0. The zero-order valence-corrected chi connectivity index (χ0v) is 31.9. The van der Waals surface area contributed by atoms with Gasteiger partial charge in [0, 0.05) is 0 Å². The molecule has 230 valence electrons. The van der Waals surface area contributed by atoms with Crippen LogP contribution in [0.3, 0.4) is 0 Å². The second kappa shape index (κ2) is 13.0. The first kappa shape index (κ1) is 31.0. The molecule has 1 atom stereocenters. The predicted octanol–water partition coefficient (Wildman–Crippen LogP) is 10.2. The Morgan fingerprint density at radius 2 is 1.21 bits per heavy atom. The van der Waals surface area contributed by atoms with Gasteiger partial charge in [0.15, 0.2) is 0 Å². The third kappa shape index (κ3) is 5.48. The molecule has 0 saturated heterocycles. The SMILES string of the molecule is CCCCC1=Cc2c(ccc(-c3ccccc3)c2-c2ccccc2-c2ccccc2)[CH]1[Zr]([Cl])([Cl])[c]1cccc2c1[SiH2]c1ccccc1-2. The number of unbranched alkanes of at least 4 members (excludes halogenated alkanes) is 1. The zero-order valence-electron chi connectivity index (χ0n) is 26.5. The molecule has 0 aromatic heterocycles. The van der Waals surface area contributed by atoms with E-state index >= 15 is 0 Å². The first-order valence-corrected chi connectivity index (χ1v) is 27.1. The molecule has 0 bridgehead atoms. The number of allylic oxidation sites excluding steroid dienone is 1. The van der Waals surface area contributed by atoms with Gasteiger partial charge < -0.3 is 0 Å². The second-order valence-corrected chi connectivity index (χ2v) is 28.6. The minimum absolute atomic E-state index is 0.0610. The molecule has 1 aliphatic carbocycles. The summed E-state index contributed by atoms with van der Waals surface area (Å²) in [6.07, 6.45) is 5.77. The standard InChI is InChI=1S/C31H27.C12H9Si.2ClH.Zr/c1-2-3-12-23-21-26-19-20-28(25-15-8-5-9-16-25)31(30(26)22-23)29-18-11-10-17-27(29)24-13-6-4-7-14-24;1-3-7-11-9(5-1)10-6-2-4-8-12(10)13-11;;;/h4-11,13-22H,2-3,12H2,1H3;1-7H,13H2;2*1H;/q;;;;+2/p-2. The Kier molecular flexibility index (Phi) is 8.57. The van der Waals surface area contributed by atoms with E-state index in [0.29, 0.717) is 0 Å². The Labute approximate surface area is 292 Å². The van der Waals surface area contributed by atoms with Gasteiger partial charge in [0.05, 0.1) is 0 Å². The van der Waals surface area contributed by atoms with Crippen molar-refractivity contribution in [3.8, 4) is 44.5 Å². The molecule has 0 saturated carbocycles. The van der Waals surface area contributed by atoms with Gasteiger partial charge in [-0.15, -0.1) is 0 Å². The molecule has 2 aliphatic rings. The van der Waals surface area contributed by atoms with Gasteiger partial charge in [-0.25, -0.2) is 0 Å². The first-order chi connectivity index (χ1) is 23.1. The quantitative estimate of drug-likeness (QED) is 0.136. The van der Waals surface area contributed by atoms with Crippen LogP contribution in [0, 0.1) is 0 Å². The minimum atomic E-state index is -4.11. The van der Waals surface area contributed by atoms with Crippen molar-refractivity contribution in [3.63, 3.8) is 0 Å². The van der Waals surface area contributed by atoms with Crippen LogP contribution in [0.25, 0.3) is 50.6 Å². The van der Waals surface area contributed by atoms with Crippen LogP contribution in [-0.4, -0.2) is 9.52 Å². The molecule has 4 heteroatoms. The summed E-state index contributed by atoms with van der Waals surface area (Å²) in [7, 11) is 15.4. The van der Waals surface area contributed by atoms with Gasteiger partial charge in [-0.05, 0) is 0 Å². The van der Waals surface area contributed by atoms with Crippen molar-refractivity contribution in [1.29, 1.82) is 0 Å². The average Bonchev–Trinajstić information content (AvgIpc) is 3.70. The maximum absolute atomic E-state index is 8.03. The fraction of sp³-hybridized carbons (Fsp3) is 0.116. The summed E-state index contributed by atoms with van der Waals surface area (Å²) in [5, 5.41) is 2.99. The number of benzene rings is 6. The van der Waals surface area contributed by atoms with Crippen LogP contribution >= 0.6 is 17.0 Å². The Bertz CT molecular complexity index is 2140. The topological polar surface area (TPSA) is 0 Å². The van der Waals surface area contributed by atoms with Crippen LogP contribution in [0.4, 0.5) is 0 Å². The molecule has 0 fully saturated rings. The number of halogens is 2. The van der Waals surface area contributed by atoms with E-state index in [4.69, 9.17) is 17.0 Å². The van der Waals surface area contributed by atoms with E-state index in [-0.39, 0.29) is 3.63 Å². The van der Waals surface area contributed by atoms with Gasteiger partial charge in [-0.1, -0.05) is 0 Å². The van der Waals surface area contributed by atoms with Crippen molar-refractivity contribution in [3.05, 3.63) is 156 Å². The Morgan fingerprint density at radius 1 is 0.596 bits per heavy atom. The molecule has 0 nitrogen and oxygen atoms in total. The van der Waals surface area contributed by atoms with E-state index in [1.165, 1.54) is 74.9 Å². The third-order valence-corrected chi connectivity index (χ3v) is 24.4. The van der Waals surface area contributed by atoms with Gasteiger partial charge >= 0.3 is 295 Å². The van der Waals surface area contributed by atoms with Crippen LogP contribution in [0.1, 0.15) is 40.9 Å². The second-order valence-electron chi connectivity index (χ2n) is 12.8. The van der Waals surface area contributed by atoms with Gasteiger partial charge in [-0.3, -0.25) is 0 Å². The molecule has 1 heterocycles.